The molecule has 0 amide bonds. The predicted molar refractivity (Wildman–Crippen MR) is 74.0 cm³/mol. The van der Waals surface area contributed by atoms with E-state index in [0.29, 0.717) is 12.4 Å². The van der Waals surface area contributed by atoms with Crippen LogP contribution in [-0.4, -0.2) is 32.8 Å². The molecule has 0 unspecified atom stereocenters. The van der Waals surface area contributed by atoms with Gasteiger partial charge in [-0.25, -0.2) is 13.1 Å². The van der Waals surface area contributed by atoms with Crippen LogP contribution in [0.2, 0.25) is 0 Å². The minimum Gasteiger partial charge on any atom is -0.492 e. The van der Waals surface area contributed by atoms with Crippen molar-refractivity contribution < 1.29 is 18.3 Å². The van der Waals surface area contributed by atoms with Gasteiger partial charge in [0.2, 0.25) is 10.0 Å². The van der Waals surface area contributed by atoms with Crippen LogP contribution >= 0.6 is 0 Å². The van der Waals surface area contributed by atoms with Crippen LogP contribution in [0.5, 0.6) is 5.75 Å². The Hall–Kier alpha value is -1.11. The highest BCUT2D eigenvalue weighted by Gasteiger charge is 2.21. The maximum absolute atomic E-state index is 12.2. The number of rotatable bonds is 6. The Kier molecular flexibility index (Phi) is 5.34. The highest BCUT2D eigenvalue weighted by atomic mass is 32.2. The lowest BCUT2D eigenvalue weighted by molar-refractivity contribution is 0.198. The fraction of sp³-hybridized carbons (Fsp3) is 0.538. The molecule has 0 bridgehead atoms. The van der Waals surface area contributed by atoms with E-state index in [9.17, 15) is 13.5 Å². The third kappa shape index (κ3) is 4.19. The predicted octanol–water partition coefficient (Wildman–Crippen LogP) is 1.36. The van der Waals surface area contributed by atoms with Crippen LogP contribution in [0.1, 0.15) is 25.0 Å². The van der Waals surface area contributed by atoms with Crippen molar-refractivity contribution in [2.75, 3.05) is 13.2 Å². The molecule has 0 spiro atoms. The molecule has 6 heteroatoms. The van der Waals surface area contributed by atoms with Gasteiger partial charge in [-0.3, -0.25) is 0 Å². The molecule has 1 aromatic carbocycles. The largest absolute Gasteiger partial charge is 0.492 e. The highest BCUT2D eigenvalue weighted by Crippen LogP contribution is 2.27. The lowest BCUT2D eigenvalue weighted by Gasteiger charge is -2.14. The smallest absolute Gasteiger partial charge is 0.244 e. The zero-order valence-corrected chi connectivity index (χ0v) is 12.5. The van der Waals surface area contributed by atoms with Crippen molar-refractivity contribution >= 4 is 10.0 Å². The van der Waals surface area contributed by atoms with E-state index < -0.39 is 16.1 Å². The summed E-state index contributed by atoms with van der Waals surface area (Å²) in [7, 11) is -3.68. The number of ether oxygens (including phenoxy) is 1. The molecule has 0 saturated heterocycles. The lowest BCUT2D eigenvalue weighted by atomic mass is 10.1. The summed E-state index contributed by atoms with van der Waals surface area (Å²) in [4.78, 5) is 0.109. The first kappa shape index (κ1) is 15.9. The van der Waals surface area contributed by atoms with Crippen LogP contribution in [0, 0.1) is 13.8 Å². The van der Waals surface area contributed by atoms with Crippen molar-refractivity contribution in [2.24, 2.45) is 0 Å². The molecule has 0 aliphatic carbocycles. The molecule has 0 fully saturated rings. The normalized spacial score (nSPS) is 13.3. The Bertz CT molecular complexity index is 538. The lowest BCUT2D eigenvalue weighted by Crippen LogP contribution is -2.31. The van der Waals surface area contributed by atoms with E-state index in [1.54, 1.807) is 19.1 Å². The van der Waals surface area contributed by atoms with Gasteiger partial charge in [-0.2, -0.15) is 0 Å². The van der Waals surface area contributed by atoms with Gasteiger partial charge in [-0.05, 0) is 51.0 Å². The first-order valence-corrected chi connectivity index (χ1v) is 7.68. The minimum atomic E-state index is -3.68. The van der Waals surface area contributed by atoms with Gasteiger partial charge < -0.3 is 9.84 Å². The summed E-state index contributed by atoms with van der Waals surface area (Å²) in [6.07, 6.45) is -0.739. The SMILES string of the molecule is CCOc1cc(C)c(C)cc1S(=O)(=O)NC[C@@H](C)O. The first-order valence-electron chi connectivity index (χ1n) is 6.19. The molecule has 0 saturated carbocycles. The monoisotopic (exact) mass is 287 g/mol. The summed E-state index contributed by atoms with van der Waals surface area (Å²) in [6.45, 7) is 7.43. The van der Waals surface area contributed by atoms with Gasteiger partial charge in [0.25, 0.3) is 0 Å². The molecule has 108 valence electrons. The average molecular weight is 287 g/mol. The Labute approximate surface area is 114 Å². The molecule has 0 aliphatic heterocycles. The van der Waals surface area contributed by atoms with Crippen molar-refractivity contribution in [3.63, 3.8) is 0 Å². The third-order valence-corrected chi connectivity index (χ3v) is 4.16. The molecule has 2 N–H and O–H groups in total. The van der Waals surface area contributed by atoms with Crippen LogP contribution in [0.25, 0.3) is 0 Å². The maximum atomic E-state index is 12.2. The molecule has 0 aromatic heterocycles. The highest BCUT2D eigenvalue weighted by molar-refractivity contribution is 7.89. The number of aryl methyl sites for hydroxylation is 2. The molecule has 0 radical (unpaired) electrons. The Morgan fingerprint density at radius 3 is 2.42 bits per heavy atom. The first-order chi connectivity index (χ1) is 8.77. The number of nitrogens with one attached hydrogen (secondary N) is 1. The molecule has 19 heavy (non-hydrogen) atoms. The number of hydrogen-bond acceptors (Lipinski definition) is 4. The van der Waals surface area contributed by atoms with Crippen molar-refractivity contribution in [2.45, 2.75) is 38.7 Å². The quantitative estimate of drug-likeness (QED) is 0.828. The van der Waals surface area contributed by atoms with E-state index in [1.165, 1.54) is 6.92 Å². The summed E-state index contributed by atoms with van der Waals surface area (Å²) < 4.78 is 32.1. The fourth-order valence-electron chi connectivity index (χ4n) is 1.55. The summed E-state index contributed by atoms with van der Waals surface area (Å²) >= 11 is 0. The molecule has 5 nitrogen and oxygen atoms in total. The van der Waals surface area contributed by atoms with Crippen molar-refractivity contribution in [1.82, 2.24) is 4.72 Å². The van der Waals surface area contributed by atoms with Crippen LogP contribution < -0.4 is 9.46 Å². The van der Waals surface area contributed by atoms with Crippen LogP contribution in [0.3, 0.4) is 0 Å². The number of benzene rings is 1. The van der Waals surface area contributed by atoms with Crippen molar-refractivity contribution in [3.8, 4) is 5.75 Å². The molecular weight excluding hydrogens is 266 g/mol. The second-order valence-corrected chi connectivity index (χ2v) is 6.25. The average Bonchev–Trinajstić information content (AvgIpc) is 2.31. The van der Waals surface area contributed by atoms with Crippen molar-refractivity contribution in [1.29, 1.82) is 0 Å². The van der Waals surface area contributed by atoms with E-state index in [2.05, 4.69) is 4.72 Å². The minimum absolute atomic E-state index is 0.0270. The van der Waals surface area contributed by atoms with Gasteiger partial charge in [-0.15, -0.1) is 0 Å². The number of aliphatic hydroxyl groups is 1. The van der Waals surface area contributed by atoms with Crippen LogP contribution in [0.15, 0.2) is 17.0 Å². The van der Waals surface area contributed by atoms with Gasteiger partial charge in [0.05, 0.1) is 12.7 Å². The molecular formula is C13H21NO4S. The van der Waals surface area contributed by atoms with Gasteiger partial charge in [0, 0.05) is 6.54 Å². The maximum Gasteiger partial charge on any atom is 0.244 e. The Morgan fingerprint density at radius 1 is 1.32 bits per heavy atom. The zero-order chi connectivity index (χ0) is 14.6. The van der Waals surface area contributed by atoms with Gasteiger partial charge in [0.15, 0.2) is 0 Å². The summed E-state index contributed by atoms with van der Waals surface area (Å²) in [6, 6.07) is 3.31. The molecule has 1 rings (SSSR count). The number of sulfonamides is 1. The third-order valence-electron chi connectivity index (χ3n) is 2.72. The Balaban J connectivity index is 3.20. The van der Waals surface area contributed by atoms with Crippen molar-refractivity contribution in [3.05, 3.63) is 23.3 Å². The van der Waals surface area contributed by atoms with E-state index in [-0.39, 0.29) is 11.4 Å². The van der Waals surface area contributed by atoms with Gasteiger partial charge in [-0.1, -0.05) is 0 Å². The van der Waals surface area contributed by atoms with Gasteiger partial charge >= 0.3 is 0 Å². The van der Waals surface area contributed by atoms with Crippen LogP contribution in [0.4, 0.5) is 0 Å². The molecule has 1 aromatic rings. The summed E-state index contributed by atoms with van der Waals surface area (Å²) in [5.74, 6) is 0.337. The van der Waals surface area contributed by atoms with E-state index in [4.69, 9.17) is 4.74 Å². The molecule has 0 aliphatic rings. The molecule has 0 heterocycles. The molecule has 1 atom stereocenters. The second-order valence-electron chi connectivity index (χ2n) is 4.52. The zero-order valence-electron chi connectivity index (χ0n) is 11.7. The topological polar surface area (TPSA) is 75.6 Å². The summed E-state index contributed by atoms with van der Waals surface area (Å²) in [5.41, 5.74) is 1.85. The van der Waals surface area contributed by atoms with E-state index in [1.807, 2.05) is 13.8 Å². The standard InChI is InChI=1S/C13H21NO4S/c1-5-18-12-6-9(2)10(3)7-13(12)19(16,17)14-8-11(4)15/h6-7,11,14-15H,5,8H2,1-4H3/t11-/m1/s1. The fourth-order valence-corrected chi connectivity index (χ4v) is 2.88. The summed E-state index contributed by atoms with van der Waals surface area (Å²) in [5, 5.41) is 9.18. The number of aliphatic hydroxyl groups excluding tert-OH is 1. The second kappa shape index (κ2) is 6.36. The van der Waals surface area contributed by atoms with Crippen LogP contribution in [-0.2, 0) is 10.0 Å². The Morgan fingerprint density at radius 2 is 1.89 bits per heavy atom. The van der Waals surface area contributed by atoms with Gasteiger partial charge in [0.1, 0.15) is 10.6 Å². The van der Waals surface area contributed by atoms with E-state index >= 15 is 0 Å². The van der Waals surface area contributed by atoms with E-state index in [0.717, 1.165) is 11.1 Å². The number of hydrogen-bond donors (Lipinski definition) is 2.